The van der Waals surface area contributed by atoms with Gasteiger partial charge in [0.25, 0.3) is 11.5 Å². The molecule has 1 amide bonds. The number of aromatic amines is 1. The number of H-pyrrole nitrogens is 1. The lowest BCUT2D eigenvalue weighted by Gasteiger charge is -2.37. The number of hydrogen-bond donors (Lipinski definition) is 3. The molecule has 3 aromatic rings. The van der Waals surface area contributed by atoms with Gasteiger partial charge >= 0.3 is 0 Å². The Bertz CT molecular complexity index is 1500. The summed E-state index contributed by atoms with van der Waals surface area (Å²) < 4.78 is 5.86. The summed E-state index contributed by atoms with van der Waals surface area (Å²) in [5.41, 5.74) is 7.94. The molecule has 2 aromatic carbocycles. The third-order valence-corrected chi connectivity index (χ3v) is 8.31. The van der Waals surface area contributed by atoms with E-state index in [-0.39, 0.29) is 24.6 Å². The van der Waals surface area contributed by atoms with E-state index >= 15 is 0 Å². The highest BCUT2D eigenvalue weighted by Crippen LogP contribution is 2.40. The number of nitrogens with one attached hydrogen (secondary N) is 2. The number of carbonyl (C=O) groups excluding carboxylic acids is 1. The molecule has 1 saturated carbocycles. The summed E-state index contributed by atoms with van der Waals surface area (Å²) in [7, 11) is 0. The zero-order chi connectivity index (χ0) is 28.9. The van der Waals surface area contributed by atoms with Gasteiger partial charge in [0.2, 0.25) is 0 Å². The zero-order valence-electron chi connectivity index (χ0n) is 24.4. The highest BCUT2D eigenvalue weighted by Gasteiger charge is 2.30. The Morgan fingerprint density at radius 1 is 1.12 bits per heavy atom. The number of aromatic nitrogens is 1. The minimum atomic E-state index is -0.196. The number of aliphatic hydroxyl groups is 1. The van der Waals surface area contributed by atoms with Crippen LogP contribution in [0.5, 0.6) is 5.75 Å². The Morgan fingerprint density at radius 2 is 1.93 bits per heavy atom. The van der Waals surface area contributed by atoms with Crippen LogP contribution in [0.1, 0.15) is 78.2 Å². The number of nitrogens with zero attached hydrogens (tertiary/aromatic N) is 1. The van der Waals surface area contributed by atoms with Crippen LogP contribution >= 0.6 is 0 Å². The molecule has 0 spiro atoms. The maximum Gasteiger partial charge on any atom is 0.253 e. The molecule has 41 heavy (non-hydrogen) atoms. The van der Waals surface area contributed by atoms with Crippen molar-refractivity contribution in [1.29, 1.82) is 0 Å². The Morgan fingerprint density at radius 3 is 2.66 bits per heavy atom. The lowest BCUT2D eigenvalue weighted by molar-refractivity contribution is 0.0950. The maximum absolute atomic E-state index is 13.9. The van der Waals surface area contributed by atoms with E-state index in [2.05, 4.69) is 34.3 Å². The largest absolute Gasteiger partial charge is 0.493 e. The lowest BCUT2D eigenvalue weighted by atomic mass is 9.90. The molecule has 0 saturated heterocycles. The molecule has 1 fully saturated rings. The first-order chi connectivity index (χ1) is 19.9. The van der Waals surface area contributed by atoms with E-state index in [0.717, 1.165) is 65.2 Å². The average Bonchev–Trinajstić information content (AvgIpc) is 3.50. The van der Waals surface area contributed by atoms with Gasteiger partial charge in [0.05, 0.1) is 6.61 Å². The van der Waals surface area contributed by atoms with E-state index in [0.29, 0.717) is 30.2 Å². The van der Waals surface area contributed by atoms with Crippen LogP contribution < -0.4 is 20.5 Å². The van der Waals surface area contributed by atoms with Crippen molar-refractivity contribution in [3.8, 4) is 16.9 Å². The molecule has 5 rings (SSSR count). The first-order valence-corrected chi connectivity index (χ1v) is 14.8. The molecule has 1 aromatic heterocycles. The summed E-state index contributed by atoms with van der Waals surface area (Å²) in [4.78, 5) is 31.9. The lowest BCUT2D eigenvalue weighted by Crippen LogP contribution is -2.38. The van der Waals surface area contributed by atoms with Gasteiger partial charge in [-0.05, 0) is 80.1 Å². The van der Waals surface area contributed by atoms with Crippen LogP contribution in [0.25, 0.3) is 17.2 Å². The molecule has 216 valence electrons. The molecule has 3 N–H and O–H groups in total. The van der Waals surface area contributed by atoms with Crippen molar-refractivity contribution < 1.29 is 14.6 Å². The van der Waals surface area contributed by atoms with Crippen LogP contribution in [-0.2, 0) is 6.54 Å². The van der Waals surface area contributed by atoms with Crippen molar-refractivity contribution in [2.45, 2.75) is 71.9 Å². The average molecular weight is 556 g/mol. The molecule has 0 unspecified atom stereocenters. The summed E-state index contributed by atoms with van der Waals surface area (Å²) >= 11 is 0. The molecule has 1 aliphatic heterocycles. The van der Waals surface area contributed by atoms with Crippen LogP contribution in [-0.4, -0.2) is 41.8 Å². The van der Waals surface area contributed by atoms with Crippen molar-refractivity contribution in [2.24, 2.45) is 0 Å². The van der Waals surface area contributed by atoms with Gasteiger partial charge < -0.3 is 25.0 Å². The van der Waals surface area contributed by atoms with Crippen molar-refractivity contribution in [2.75, 3.05) is 24.7 Å². The summed E-state index contributed by atoms with van der Waals surface area (Å²) in [5, 5.41) is 12.2. The second-order valence-corrected chi connectivity index (χ2v) is 11.3. The Labute approximate surface area is 242 Å². The van der Waals surface area contributed by atoms with Gasteiger partial charge in [0.1, 0.15) is 5.75 Å². The fraction of sp³-hybridized carbons (Fsp3) is 0.412. The first-order valence-electron chi connectivity index (χ1n) is 14.8. The maximum atomic E-state index is 13.9. The highest BCUT2D eigenvalue weighted by molar-refractivity contribution is 6.02. The van der Waals surface area contributed by atoms with Crippen molar-refractivity contribution in [1.82, 2.24) is 10.3 Å². The second-order valence-electron chi connectivity index (χ2n) is 11.3. The van der Waals surface area contributed by atoms with Crippen LogP contribution in [0, 0.1) is 13.8 Å². The number of amides is 1. The fourth-order valence-electron chi connectivity index (χ4n) is 6.08. The third-order valence-electron chi connectivity index (χ3n) is 8.31. The number of aryl methyl sites for hydroxylation is 2. The Kier molecular flexibility index (Phi) is 8.93. The zero-order valence-corrected chi connectivity index (χ0v) is 24.4. The Balaban J connectivity index is 1.56. The Hall–Kier alpha value is -3.84. The summed E-state index contributed by atoms with van der Waals surface area (Å²) in [6.45, 7) is 7.49. The van der Waals surface area contributed by atoms with Crippen LogP contribution in [0.15, 0.2) is 52.8 Å². The predicted molar refractivity (Wildman–Crippen MR) is 165 cm³/mol. The topological polar surface area (TPSA) is 94.7 Å². The molecular formula is C34H41N3O4. The van der Waals surface area contributed by atoms with Crippen LogP contribution in [0.4, 0.5) is 5.69 Å². The van der Waals surface area contributed by atoms with Gasteiger partial charge in [-0.2, -0.15) is 0 Å². The second kappa shape index (κ2) is 12.8. The molecule has 1 aliphatic carbocycles. The molecule has 0 radical (unpaired) electrons. The van der Waals surface area contributed by atoms with Gasteiger partial charge in [-0.1, -0.05) is 43.5 Å². The molecule has 0 atom stereocenters. The number of benzene rings is 2. The number of rotatable bonds is 10. The normalized spacial score (nSPS) is 15.0. The van der Waals surface area contributed by atoms with Crippen LogP contribution in [0.2, 0.25) is 0 Å². The number of aliphatic hydroxyl groups excluding tert-OH is 1. The van der Waals surface area contributed by atoms with E-state index in [9.17, 15) is 9.59 Å². The minimum absolute atomic E-state index is 0.0846. The monoisotopic (exact) mass is 555 g/mol. The van der Waals surface area contributed by atoms with Gasteiger partial charge in [-0.3, -0.25) is 9.59 Å². The van der Waals surface area contributed by atoms with Crippen molar-refractivity contribution in [3.05, 3.63) is 86.3 Å². The summed E-state index contributed by atoms with van der Waals surface area (Å²) in [5.74, 6) is 0.535. The number of pyridine rings is 1. The standard InChI is InChI=1S/C34H41N3O4/c1-4-24-16-29-30(33(39)35-20-31-22(2)15-23(3)36-34(31)40)18-26(19-32(29)37(21-24)27-10-5-6-11-27)25-9-7-12-28(17-25)41-14-8-13-38/h7,9,12,15-19,27,38H,4-6,8,10-11,13-14,20-21H2,1-3H3,(H,35,39)(H,36,40). The molecule has 7 nitrogen and oxygen atoms in total. The van der Waals surface area contributed by atoms with Crippen molar-refractivity contribution in [3.63, 3.8) is 0 Å². The SMILES string of the molecule is CCC1=Cc2c(C(=O)NCc3c(C)cc(C)[nH]c3=O)cc(-c3cccc(OCCCO)c3)cc2N(C2CCCC2)C1. The minimum Gasteiger partial charge on any atom is -0.493 e. The number of hydrogen-bond acceptors (Lipinski definition) is 5. The van der Waals surface area contributed by atoms with E-state index in [1.54, 1.807) is 0 Å². The van der Waals surface area contributed by atoms with E-state index in [4.69, 9.17) is 9.84 Å². The van der Waals surface area contributed by atoms with Gasteiger partial charge in [0, 0.05) is 60.2 Å². The third kappa shape index (κ3) is 6.41. The summed E-state index contributed by atoms with van der Waals surface area (Å²) in [6, 6.07) is 14.5. The number of ether oxygens (including phenoxy) is 1. The number of carbonyl (C=O) groups is 1. The molecule has 2 heterocycles. The van der Waals surface area contributed by atoms with Gasteiger partial charge in [-0.25, -0.2) is 0 Å². The molecular weight excluding hydrogens is 514 g/mol. The molecule has 7 heteroatoms. The van der Waals surface area contributed by atoms with E-state index in [1.165, 1.54) is 18.4 Å². The van der Waals surface area contributed by atoms with Crippen molar-refractivity contribution >= 4 is 17.7 Å². The first kappa shape index (κ1) is 28.7. The quantitative estimate of drug-likeness (QED) is 0.271. The molecule has 2 aliphatic rings. The number of fused-ring (bicyclic) bond motifs is 1. The summed E-state index contributed by atoms with van der Waals surface area (Å²) in [6.07, 6.45) is 8.46. The van der Waals surface area contributed by atoms with Crippen LogP contribution in [0.3, 0.4) is 0 Å². The van der Waals surface area contributed by atoms with Gasteiger partial charge in [0.15, 0.2) is 0 Å². The molecule has 0 bridgehead atoms. The smallest absolute Gasteiger partial charge is 0.253 e. The number of anilines is 1. The van der Waals surface area contributed by atoms with E-state index < -0.39 is 0 Å². The van der Waals surface area contributed by atoms with E-state index in [1.807, 2.05) is 50.2 Å². The fourth-order valence-corrected chi connectivity index (χ4v) is 6.08. The predicted octanol–water partition coefficient (Wildman–Crippen LogP) is 5.91. The highest BCUT2D eigenvalue weighted by atomic mass is 16.5. The van der Waals surface area contributed by atoms with Gasteiger partial charge in [-0.15, -0.1) is 0 Å².